The van der Waals surface area contributed by atoms with Crippen LogP contribution in [0.15, 0.2) is 12.1 Å². The molecule has 0 aromatic heterocycles. The van der Waals surface area contributed by atoms with Crippen molar-refractivity contribution in [2.75, 3.05) is 20.1 Å². The van der Waals surface area contributed by atoms with Gasteiger partial charge in [-0.25, -0.2) is 4.39 Å². The molecule has 20 heavy (non-hydrogen) atoms. The summed E-state index contributed by atoms with van der Waals surface area (Å²) in [6, 6.07) is 2.87. The van der Waals surface area contributed by atoms with Crippen molar-refractivity contribution in [3.8, 4) is 0 Å². The van der Waals surface area contributed by atoms with Gasteiger partial charge in [0.1, 0.15) is 5.82 Å². The van der Waals surface area contributed by atoms with Gasteiger partial charge in [-0.15, -0.1) is 12.4 Å². The fourth-order valence-corrected chi connectivity index (χ4v) is 2.90. The molecule has 2 rings (SSSR count). The fourth-order valence-electron chi connectivity index (χ4n) is 2.21. The quantitative estimate of drug-likeness (QED) is 0.574. The van der Waals surface area contributed by atoms with Gasteiger partial charge in [-0.3, -0.25) is 4.79 Å². The van der Waals surface area contributed by atoms with Crippen molar-refractivity contribution in [2.24, 2.45) is 0 Å². The predicted molar refractivity (Wildman–Crippen MR) is 89.4 cm³/mol. The third kappa shape index (κ3) is 3.96. The van der Waals surface area contributed by atoms with Crippen LogP contribution in [0.1, 0.15) is 23.2 Å². The van der Waals surface area contributed by atoms with Crippen LogP contribution in [-0.4, -0.2) is 37.0 Å². The average molecular weight is 433 g/mol. The molecule has 0 radical (unpaired) electrons. The number of rotatable bonds is 2. The molecule has 1 N–H and O–H groups in total. The summed E-state index contributed by atoms with van der Waals surface area (Å²) in [5, 5.41) is 3.43. The number of piperidine rings is 1. The predicted octanol–water partition coefficient (Wildman–Crippen LogP) is 3.33. The minimum absolute atomic E-state index is 0. The Hall–Kier alpha value is -0.110. The van der Waals surface area contributed by atoms with Crippen LogP contribution in [0.25, 0.3) is 0 Å². The largest absolute Gasteiger partial charge is 0.337 e. The molecule has 112 valence electrons. The van der Waals surface area contributed by atoms with Gasteiger partial charge in [0.15, 0.2) is 0 Å². The number of halogens is 4. The van der Waals surface area contributed by atoms with E-state index in [4.69, 9.17) is 11.6 Å². The first-order chi connectivity index (χ1) is 9.00. The lowest BCUT2D eigenvalue weighted by atomic mass is 10.1. The number of hydrogen-bond acceptors (Lipinski definition) is 2. The Morgan fingerprint density at radius 3 is 2.85 bits per heavy atom. The van der Waals surface area contributed by atoms with E-state index < -0.39 is 5.82 Å². The molecule has 7 heteroatoms. The first kappa shape index (κ1) is 17.9. The molecule has 0 spiro atoms. The topological polar surface area (TPSA) is 32.3 Å². The standard InChI is InChI=1S/C13H15ClFIN2O.ClH/c1-18(8-3-2-4-17-7-8)13(19)9-5-12(16)11(15)6-10(9)14;/h5-6,8,17H,2-4,7H2,1H3;1H/t8-;/m0./s1. The lowest BCUT2D eigenvalue weighted by molar-refractivity contribution is 0.0708. The zero-order chi connectivity index (χ0) is 14.0. The van der Waals surface area contributed by atoms with Crippen molar-refractivity contribution >= 4 is 52.5 Å². The molecule has 1 saturated heterocycles. The molecule has 1 aromatic rings. The molecule has 0 unspecified atom stereocenters. The lowest BCUT2D eigenvalue weighted by Gasteiger charge is -2.32. The highest BCUT2D eigenvalue weighted by molar-refractivity contribution is 14.1. The second kappa shape index (κ2) is 7.77. The summed E-state index contributed by atoms with van der Waals surface area (Å²) in [5.74, 6) is -0.555. The first-order valence-corrected chi connectivity index (χ1v) is 7.59. The van der Waals surface area contributed by atoms with Gasteiger partial charge < -0.3 is 10.2 Å². The summed E-state index contributed by atoms with van der Waals surface area (Å²) in [7, 11) is 1.77. The van der Waals surface area contributed by atoms with E-state index in [2.05, 4.69) is 5.32 Å². The van der Waals surface area contributed by atoms with Gasteiger partial charge in [0.2, 0.25) is 0 Å². The van der Waals surface area contributed by atoms with Crippen LogP contribution in [0.3, 0.4) is 0 Å². The summed E-state index contributed by atoms with van der Waals surface area (Å²) >= 11 is 7.83. The van der Waals surface area contributed by atoms with Crippen LogP contribution in [0.2, 0.25) is 5.02 Å². The molecular formula is C13H16Cl2FIN2O. The molecule has 1 aliphatic heterocycles. The zero-order valence-electron chi connectivity index (χ0n) is 11.0. The smallest absolute Gasteiger partial charge is 0.255 e. The highest BCUT2D eigenvalue weighted by Crippen LogP contribution is 2.24. The van der Waals surface area contributed by atoms with E-state index in [1.807, 2.05) is 22.6 Å². The van der Waals surface area contributed by atoms with Crippen LogP contribution in [0.4, 0.5) is 4.39 Å². The molecule has 0 bridgehead atoms. The Labute approximate surface area is 142 Å². The summed E-state index contributed by atoms with van der Waals surface area (Å²) in [6.07, 6.45) is 2.03. The number of nitrogens with zero attached hydrogens (tertiary/aromatic N) is 1. The van der Waals surface area contributed by atoms with Gasteiger partial charge in [0, 0.05) is 23.2 Å². The molecule has 1 aromatic carbocycles. The van der Waals surface area contributed by atoms with Crippen molar-refractivity contribution in [3.63, 3.8) is 0 Å². The van der Waals surface area contributed by atoms with E-state index in [-0.39, 0.29) is 29.4 Å². The summed E-state index contributed by atoms with van der Waals surface area (Å²) in [4.78, 5) is 14.1. The molecule has 1 heterocycles. The lowest BCUT2D eigenvalue weighted by Crippen LogP contribution is -2.46. The SMILES string of the molecule is CN(C(=O)c1cc(I)c(F)cc1Cl)[C@H]1CCCNC1.Cl. The van der Waals surface area contributed by atoms with Crippen molar-refractivity contribution in [3.05, 3.63) is 32.1 Å². The van der Waals surface area contributed by atoms with Gasteiger partial charge in [-0.05, 0) is 54.1 Å². The highest BCUT2D eigenvalue weighted by atomic mass is 127. The summed E-state index contributed by atoms with van der Waals surface area (Å²) in [5.41, 5.74) is 0.362. The Morgan fingerprint density at radius 1 is 1.55 bits per heavy atom. The molecule has 0 aliphatic carbocycles. The number of nitrogens with one attached hydrogen (secondary N) is 1. The van der Waals surface area contributed by atoms with E-state index in [9.17, 15) is 9.18 Å². The van der Waals surface area contributed by atoms with Crippen molar-refractivity contribution < 1.29 is 9.18 Å². The Kier molecular flexibility index (Phi) is 6.97. The van der Waals surface area contributed by atoms with E-state index in [0.717, 1.165) is 25.9 Å². The normalized spacial score (nSPS) is 18.3. The fraction of sp³-hybridized carbons (Fsp3) is 0.462. The monoisotopic (exact) mass is 432 g/mol. The molecule has 1 amide bonds. The number of carbonyl (C=O) groups excluding carboxylic acids is 1. The van der Waals surface area contributed by atoms with Crippen LogP contribution < -0.4 is 5.32 Å². The van der Waals surface area contributed by atoms with Crippen LogP contribution in [0.5, 0.6) is 0 Å². The maximum atomic E-state index is 13.4. The van der Waals surface area contributed by atoms with E-state index in [0.29, 0.717) is 9.13 Å². The van der Waals surface area contributed by atoms with Crippen molar-refractivity contribution in [1.29, 1.82) is 0 Å². The van der Waals surface area contributed by atoms with E-state index >= 15 is 0 Å². The highest BCUT2D eigenvalue weighted by Gasteiger charge is 2.24. The third-order valence-corrected chi connectivity index (χ3v) is 4.52. The van der Waals surface area contributed by atoms with Crippen LogP contribution in [-0.2, 0) is 0 Å². The maximum Gasteiger partial charge on any atom is 0.255 e. The average Bonchev–Trinajstić information content (AvgIpc) is 2.42. The van der Waals surface area contributed by atoms with Crippen molar-refractivity contribution in [2.45, 2.75) is 18.9 Å². The maximum absolute atomic E-state index is 13.4. The zero-order valence-corrected chi connectivity index (χ0v) is 14.7. The number of amides is 1. The minimum Gasteiger partial charge on any atom is -0.337 e. The first-order valence-electron chi connectivity index (χ1n) is 6.13. The molecular weight excluding hydrogens is 417 g/mol. The molecule has 0 saturated carbocycles. The second-order valence-corrected chi connectivity index (χ2v) is 6.23. The van der Waals surface area contributed by atoms with Gasteiger partial charge in [-0.2, -0.15) is 0 Å². The Bertz CT molecular complexity index is 496. The number of likely N-dealkylation sites (N-methyl/N-ethyl adjacent to an activating group) is 1. The van der Waals surface area contributed by atoms with Crippen molar-refractivity contribution in [1.82, 2.24) is 10.2 Å². The molecule has 1 aliphatic rings. The van der Waals surface area contributed by atoms with Gasteiger partial charge >= 0.3 is 0 Å². The molecule has 3 nitrogen and oxygen atoms in total. The number of benzene rings is 1. The molecule has 1 fully saturated rings. The Balaban J connectivity index is 0.00000200. The van der Waals surface area contributed by atoms with E-state index in [1.165, 1.54) is 12.1 Å². The summed E-state index contributed by atoms with van der Waals surface area (Å²) < 4.78 is 13.8. The third-order valence-electron chi connectivity index (χ3n) is 3.38. The van der Waals surface area contributed by atoms with Gasteiger partial charge in [0.05, 0.1) is 10.6 Å². The number of hydrogen-bond donors (Lipinski definition) is 1. The van der Waals surface area contributed by atoms with Gasteiger partial charge in [0.25, 0.3) is 5.91 Å². The second-order valence-electron chi connectivity index (χ2n) is 4.66. The summed E-state index contributed by atoms with van der Waals surface area (Å²) in [6.45, 7) is 1.78. The minimum atomic E-state index is -0.399. The number of carbonyl (C=O) groups is 1. The van der Waals surface area contributed by atoms with Crippen LogP contribution >= 0.6 is 46.6 Å². The van der Waals surface area contributed by atoms with Crippen LogP contribution in [0, 0.1) is 9.39 Å². The van der Waals surface area contributed by atoms with E-state index in [1.54, 1.807) is 11.9 Å². The molecule has 1 atom stereocenters. The van der Waals surface area contributed by atoms with Gasteiger partial charge in [-0.1, -0.05) is 11.6 Å². The Morgan fingerprint density at radius 2 is 2.25 bits per heavy atom.